The maximum Gasteiger partial charge on any atom is 0.330 e. The third kappa shape index (κ3) is 1.95. The molecule has 0 aliphatic carbocycles. The van der Waals surface area contributed by atoms with Crippen LogP contribution in [0.1, 0.15) is 0 Å². The zero-order valence-corrected chi connectivity index (χ0v) is 9.95. The fourth-order valence-corrected chi connectivity index (χ4v) is 3.13. The van der Waals surface area contributed by atoms with Crippen molar-refractivity contribution in [2.75, 3.05) is 0 Å². The molecule has 2 heterocycles. The van der Waals surface area contributed by atoms with Gasteiger partial charge in [0.25, 0.3) is 0 Å². The third-order valence-electron chi connectivity index (χ3n) is 1.82. The van der Waals surface area contributed by atoms with Crippen molar-refractivity contribution in [2.24, 2.45) is 0 Å². The average molecular weight is 294 g/mol. The molecule has 8 nitrogen and oxygen atoms in total. The summed E-state index contributed by atoms with van der Waals surface area (Å²) in [6, 6.07) is 0. The lowest BCUT2D eigenvalue weighted by molar-refractivity contribution is 0.253. The van der Waals surface area contributed by atoms with Gasteiger partial charge in [0.1, 0.15) is 9.79 Å². The monoisotopic (exact) mass is 294 g/mol. The molecule has 0 fully saturated rings. The predicted octanol–water partition coefficient (Wildman–Crippen LogP) is 1.91. The Labute approximate surface area is 106 Å². The van der Waals surface area contributed by atoms with Crippen LogP contribution in [-0.4, -0.2) is 30.6 Å². The maximum atomic E-state index is 9.30. The number of aromatic hydroxyl groups is 6. The van der Waals surface area contributed by atoms with Crippen LogP contribution in [0.2, 0.25) is 0 Å². The predicted molar refractivity (Wildman–Crippen MR) is 59.1 cm³/mol. The highest BCUT2D eigenvalue weighted by Gasteiger charge is 2.24. The number of hydrogen-bond acceptors (Lipinski definition) is 10. The molecule has 0 atom stereocenters. The highest BCUT2D eigenvalue weighted by molar-refractivity contribution is 8.76. The molecule has 98 valence electrons. The molecule has 0 spiro atoms. The Morgan fingerprint density at radius 2 is 0.889 bits per heavy atom. The lowest BCUT2D eigenvalue weighted by Gasteiger charge is -1.97. The molecule has 0 saturated heterocycles. The Hall–Kier alpha value is -1.94. The first kappa shape index (κ1) is 12.5. The Morgan fingerprint density at radius 3 is 1.11 bits per heavy atom. The van der Waals surface area contributed by atoms with Crippen LogP contribution in [0.4, 0.5) is 0 Å². The Morgan fingerprint density at radius 1 is 0.556 bits per heavy atom. The molecular formula is C8H6O8S2. The molecule has 6 N–H and O–H groups in total. The van der Waals surface area contributed by atoms with Gasteiger partial charge in [-0.1, -0.05) is 0 Å². The lowest BCUT2D eigenvalue weighted by atomic mass is 10.6. The molecule has 2 rings (SSSR count). The molecule has 2 aromatic heterocycles. The van der Waals surface area contributed by atoms with Gasteiger partial charge in [-0.2, -0.15) is 0 Å². The molecule has 0 aliphatic heterocycles. The average Bonchev–Trinajstić information content (AvgIpc) is 2.67. The topological polar surface area (TPSA) is 148 Å². The largest absolute Gasteiger partial charge is 0.501 e. The van der Waals surface area contributed by atoms with Crippen molar-refractivity contribution < 1.29 is 39.5 Å². The summed E-state index contributed by atoms with van der Waals surface area (Å²) in [6.45, 7) is 0. The van der Waals surface area contributed by atoms with Crippen LogP contribution in [0, 0.1) is 0 Å². The summed E-state index contributed by atoms with van der Waals surface area (Å²) in [4.78, 5) is -0.422. The number of hydrogen-bond donors (Lipinski definition) is 6. The van der Waals surface area contributed by atoms with E-state index in [0.717, 1.165) is 0 Å². The summed E-state index contributed by atoms with van der Waals surface area (Å²) in [5, 5.41) is 55.0. The van der Waals surface area contributed by atoms with E-state index in [1.165, 1.54) is 0 Å². The highest BCUT2D eigenvalue weighted by atomic mass is 33.1. The van der Waals surface area contributed by atoms with Gasteiger partial charge in [-0.15, -0.1) is 0 Å². The molecule has 0 amide bonds. The van der Waals surface area contributed by atoms with Crippen molar-refractivity contribution in [3.05, 3.63) is 0 Å². The van der Waals surface area contributed by atoms with E-state index >= 15 is 0 Å². The first-order valence-corrected chi connectivity index (χ1v) is 6.38. The molecule has 0 bridgehead atoms. The molecule has 2 aromatic rings. The smallest absolute Gasteiger partial charge is 0.330 e. The number of furan rings is 2. The van der Waals surface area contributed by atoms with Crippen molar-refractivity contribution in [1.29, 1.82) is 0 Å². The van der Waals surface area contributed by atoms with Crippen LogP contribution in [0.15, 0.2) is 18.6 Å². The standard InChI is InChI=1S/C8H6O8S2/c9-1-3(7(13)15-5(1)11)17-18-4-2(10)6(12)16-8(4)14/h9-14H. The second-order valence-corrected chi connectivity index (χ2v) is 5.10. The Bertz CT molecular complexity index is 534. The minimum Gasteiger partial charge on any atom is -0.501 e. The fraction of sp³-hybridized carbons (Fsp3) is 0. The quantitative estimate of drug-likeness (QED) is 0.463. The zero-order chi connectivity index (χ0) is 13.4. The SMILES string of the molecule is Oc1oc(O)c(SSc2c(O)oc(O)c2O)c1O. The van der Waals surface area contributed by atoms with Crippen molar-refractivity contribution >= 4 is 21.6 Å². The van der Waals surface area contributed by atoms with Crippen LogP contribution in [0.5, 0.6) is 35.3 Å². The first-order chi connectivity index (χ1) is 8.41. The molecule has 0 aromatic carbocycles. The molecule has 0 saturated carbocycles. The summed E-state index contributed by atoms with van der Waals surface area (Å²) in [6.07, 6.45) is 0. The second kappa shape index (κ2) is 4.38. The van der Waals surface area contributed by atoms with Gasteiger partial charge in [-0.05, 0) is 21.6 Å². The van der Waals surface area contributed by atoms with Crippen LogP contribution >= 0.6 is 21.6 Å². The summed E-state index contributed by atoms with van der Waals surface area (Å²) in [5.41, 5.74) is 0. The van der Waals surface area contributed by atoms with E-state index in [-0.39, 0.29) is 9.79 Å². The van der Waals surface area contributed by atoms with E-state index in [2.05, 4.69) is 8.83 Å². The van der Waals surface area contributed by atoms with Gasteiger partial charge in [-0.25, -0.2) is 0 Å². The van der Waals surface area contributed by atoms with Crippen LogP contribution < -0.4 is 0 Å². The van der Waals surface area contributed by atoms with E-state index in [0.29, 0.717) is 21.6 Å². The van der Waals surface area contributed by atoms with E-state index in [1.54, 1.807) is 0 Å². The summed E-state index contributed by atoms with van der Waals surface area (Å²) in [5.74, 6) is -4.55. The van der Waals surface area contributed by atoms with Crippen molar-refractivity contribution in [3.8, 4) is 35.3 Å². The van der Waals surface area contributed by atoms with Crippen molar-refractivity contribution in [2.45, 2.75) is 9.79 Å². The zero-order valence-electron chi connectivity index (χ0n) is 8.32. The summed E-state index contributed by atoms with van der Waals surface area (Å²) in [7, 11) is 1.32. The lowest BCUT2D eigenvalue weighted by Crippen LogP contribution is -1.67. The fourth-order valence-electron chi connectivity index (χ4n) is 1.00. The van der Waals surface area contributed by atoms with Gasteiger partial charge in [0, 0.05) is 0 Å². The van der Waals surface area contributed by atoms with Gasteiger partial charge >= 0.3 is 23.8 Å². The number of rotatable bonds is 3. The second-order valence-electron chi connectivity index (χ2n) is 2.95. The van der Waals surface area contributed by atoms with E-state index < -0.39 is 35.3 Å². The summed E-state index contributed by atoms with van der Waals surface area (Å²) < 4.78 is 8.66. The maximum absolute atomic E-state index is 9.30. The molecule has 0 aliphatic rings. The van der Waals surface area contributed by atoms with Gasteiger partial charge < -0.3 is 39.5 Å². The molecular weight excluding hydrogens is 288 g/mol. The first-order valence-electron chi connectivity index (χ1n) is 4.23. The van der Waals surface area contributed by atoms with Gasteiger partial charge in [0.15, 0.2) is 0 Å². The van der Waals surface area contributed by atoms with Crippen LogP contribution in [0.3, 0.4) is 0 Å². The molecule has 10 heteroatoms. The van der Waals surface area contributed by atoms with Crippen molar-refractivity contribution in [1.82, 2.24) is 0 Å². The molecule has 0 unspecified atom stereocenters. The third-order valence-corrected chi connectivity index (χ3v) is 4.22. The van der Waals surface area contributed by atoms with E-state index in [9.17, 15) is 20.4 Å². The highest BCUT2D eigenvalue weighted by Crippen LogP contribution is 2.56. The van der Waals surface area contributed by atoms with Gasteiger partial charge in [0.05, 0.1) is 0 Å². The van der Waals surface area contributed by atoms with E-state index in [1.807, 2.05) is 0 Å². The minimum atomic E-state index is -0.862. The van der Waals surface area contributed by atoms with Gasteiger partial charge in [0.2, 0.25) is 11.5 Å². The van der Waals surface area contributed by atoms with Crippen molar-refractivity contribution in [3.63, 3.8) is 0 Å². The van der Waals surface area contributed by atoms with Crippen LogP contribution in [0.25, 0.3) is 0 Å². The van der Waals surface area contributed by atoms with E-state index in [4.69, 9.17) is 10.2 Å². The van der Waals surface area contributed by atoms with Crippen LogP contribution in [-0.2, 0) is 0 Å². The minimum absolute atomic E-state index is 0.211. The Balaban J connectivity index is 2.21. The Kier molecular flexibility index (Phi) is 3.05. The summed E-state index contributed by atoms with van der Waals surface area (Å²) >= 11 is 0. The molecule has 0 radical (unpaired) electrons. The molecule has 18 heavy (non-hydrogen) atoms. The van der Waals surface area contributed by atoms with Gasteiger partial charge in [-0.3, -0.25) is 0 Å². The normalized spacial score (nSPS) is 10.9.